The van der Waals surface area contributed by atoms with E-state index in [4.69, 9.17) is 5.11 Å². The summed E-state index contributed by atoms with van der Waals surface area (Å²) in [4.78, 5) is 10.9. The molecular formula is C12H13F3O3. The maximum Gasteiger partial charge on any atom is 0.416 e. The van der Waals surface area contributed by atoms with Crippen molar-refractivity contribution < 1.29 is 27.8 Å². The van der Waals surface area contributed by atoms with Gasteiger partial charge < -0.3 is 9.84 Å². The van der Waals surface area contributed by atoms with Gasteiger partial charge in [-0.25, -0.2) is 4.79 Å². The average Bonchev–Trinajstić information content (AvgIpc) is 2.27. The van der Waals surface area contributed by atoms with Crippen LogP contribution in [0.3, 0.4) is 0 Å². The molecule has 0 bridgehead atoms. The van der Waals surface area contributed by atoms with Crippen LogP contribution in [0.25, 0.3) is 0 Å². The fourth-order valence-corrected chi connectivity index (χ4v) is 0.991. The van der Waals surface area contributed by atoms with Gasteiger partial charge >= 0.3 is 12.1 Å². The highest BCUT2D eigenvalue weighted by Crippen LogP contribution is 2.32. The second-order valence-corrected chi connectivity index (χ2v) is 3.13. The topological polar surface area (TPSA) is 46.5 Å². The molecule has 0 saturated carbocycles. The van der Waals surface area contributed by atoms with E-state index in [1.54, 1.807) is 6.08 Å². The van der Waals surface area contributed by atoms with Crippen molar-refractivity contribution in [3.8, 4) is 5.75 Å². The summed E-state index contributed by atoms with van der Waals surface area (Å²) in [5, 5.41) is 9.16. The summed E-state index contributed by atoms with van der Waals surface area (Å²) in [6.07, 6.45) is -2.80. The predicted molar refractivity (Wildman–Crippen MR) is 60.3 cm³/mol. The van der Waals surface area contributed by atoms with E-state index in [0.717, 1.165) is 13.2 Å². The molecule has 3 nitrogen and oxygen atoms in total. The van der Waals surface area contributed by atoms with E-state index in [9.17, 15) is 18.0 Å². The summed E-state index contributed by atoms with van der Waals surface area (Å²) >= 11 is 0. The highest BCUT2D eigenvalue weighted by Gasteiger charge is 2.31. The lowest BCUT2D eigenvalue weighted by atomic mass is 10.1. The number of allylic oxidation sites excluding steroid dienone is 1. The molecule has 0 saturated heterocycles. The fraction of sp³-hybridized carbons (Fsp3) is 0.250. The number of carbonyl (C=O) groups is 1. The number of methoxy groups -OCH3 is 1. The minimum Gasteiger partial charge on any atom is -0.507 e. The van der Waals surface area contributed by atoms with E-state index >= 15 is 0 Å². The lowest BCUT2D eigenvalue weighted by Crippen LogP contribution is -2.07. The number of esters is 1. The minimum absolute atomic E-state index is 0.300. The van der Waals surface area contributed by atoms with Gasteiger partial charge in [-0.1, -0.05) is 6.08 Å². The van der Waals surface area contributed by atoms with Crippen LogP contribution in [0.1, 0.15) is 22.8 Å². The second kappa shape index (κ2) is 6.68. The highest BCUT2D eigenvalue weighted by atomic mass is 19.4. The number of ether oxygens (including phenoxy) is 1. The van der Waals surface area contributed by atoms with Gasteiger partial charge in [0.2, 0.25) is 0 Å². The first-order chi connectivity index (χ1) is 8.27. The van der Waals surface area contributed by atoms with E-state index in [-0.39, 0.29) is 5.56 Å². The van der Waals surface area contributed by atoms with Crippen LogP contribution >= 0.6 is 0 Å². The largest absolute Gasteiger partial charge is 0.507 e. The number of rotatable bonds is 1. The normalized spacial score (nSPS) is 10.1. The zero-order chi connectivity index (χ0) is 14.3. The van der Waals surface area contributed by atoms with E-state index in [1.807, 2.05) is 6.92 Å². The molecule has 0 heterocycles. The van der Waals surface area contributed by atoms with Gasteiger partial charge in [-0.15, -0.1) is 6.58 Å². The molecule has 1 aromatic rings. The number of aromatic hydroxyl groups is 1. The Labute approximate surface area is 103 Å². The summed E-state index contributed by atoms with van der Waals surface area (Å²) in [6.45, 7) is 5.25. The molecule has 0 atom stereocenters. The number of hydrogen-bond acceptors (Lipinski definition) is 3. The molecule has 1 aromatic carbocycles. The zero-order valence-corrected chi connectivity index (χ0v) is 9.91. The van der Waals surface area contributed by atoms with Crippen molar-refractivity contribution in [2.24, 2.45) is 0 Å². The summed E-state index contributed by atoms with van der Waals surface area (Å²) < 4.78 is 40.7. The van der Waals surface area contributed by atoms with Gasteiger partial charge in [0, 0.05) is 0 Å². The van der Waals surface area contributed by atoms with Crippen LogP contribution in [0.5, 0.6) is 5.75 Å². The third-order valence-corrected chi connectivity index (χ3v) is 1.73. The molecule has 1 N–H and O–H groups in total. The summed E-state index contributed by atoms with van der Waals surface area (Å²) in [5.41, 5.74) is -1.32. The molecule has 1 rings (SSSR count). The van der Waals surface area contributed by atoms with Gasteiger partial charge in [-0.05, 0) is 25.1 Å². The lowest BCUT2D eigenvalue weighted by Gasteiger charge is -2.08. The van der Waals surface area contributed by atoms with Crippen LogP contribution in [0.2, 0.25) is 0 Å². The Morgan fingerprint density at radius 1 is 1.44 bits per heavy atom. The monoisotopic (exact) mass is 262 g/mol. The van der Waals surface area contributed by atoms with Crippen LogP contribution in [-0.4, -0.2) is 18.2 Å². The number of halogens is 3. The Morgan fingerprint density at radius 3 is 2.28 bits per heavy atom. The Kier molecular flexibility index (Phi) is 5.95. The number of benzene rings is 1. The van der Waals surface area contributed by atoms with Crippen molar-refractivity contribution in [1.29, 1.82) is 0 Å². The number of hydrogen-bond donors (Lipinski definition) is 1. The molecule has 0 spiro atoms. The second-order valence-electron chi connectivity index (χ2n) is 3.13. The zero-order valence-electron chi connectivity index (χ0n) is 9.91. The van der Waals surface area contributed by atoms with E-state index in [1.165, 1.54) is 0 Å². The molecule has 0 aliphatic heterocycles. The molecule has 0 aromatic heterocycles. The molecule has 100 valence electrons. The maximum absolute atomic E-state index is 12.2. The first-order valence-corrected chi connectivity index (χ1v) is 4.83. The number of phenols is 1. The minimum atomic E-state index is -4.55. The molecule has 0 unspecified atom stereocenters. The third kappa shape index (κ3) is 4.48. The van der Waals surface area contributed by atoms with E-state index in [0.29, 0.717) is 12.1 Å². The van der Waals surface area contributed by atoms with Crippen LogP contribution in [-0.2, 0) is 10.9 Å². The molecule has 18 heavy (non-hydrogen) atoms. The average molecular weight is 262 g/mol. The Morgan fingerprint density at radius 2 is 1.94 bits per heavy atom. The van der Waals surface area contributed by atoms with Gasteiger partial charge in [-0.2, -0.15) is 13.2 Å². The maximum atomic E-state index is 12.2. The molecule has 0 aliphatic carbocycles. The number of alkyl halides is 3. The molecule has 0 aliphatic rings. The van der Waals surface area contributed by atoms with Crippen molar-refractivity contribution >= 4 is 5.97 Å². The molecule has 0 amide bonds. The SMILES string of the molecule is C=CC.COC(=O)c1ccc(C(F)(F)F)cc1O. The van der Waals surface area contributed by atoms with Gasteiger partial charge in [0.15, 0.2) is 0 Å². The van der Waals surface area contributed by atoms with Crippen LogP contribution in [0, 0.1) is 0 Å². The van der Waals surface area contributed by atoms with Crippen molar-refractivity contribution in [2.45, 2.75) is 13.1 Å². The quantitative estimate of drug-likeness (QED) is 0.623. The molecular weight excluding hydrogens is 249 g/mol. The third-order valence-electron chi connectivity index (χ3n) is 1.73. The summed E-state index contributed by atoms with van der Waals surface area (Å²) in [7, 11) is 1.07. The Hall–Kier alpha value is -1.98. The van der Waals surface area contributed by atoms with Crippen LogP contribution < -0.4 is 0 Å². The molecule has 0 fully saturated rings. The summed E-state index contributed by atoms with van der Waals surface area (Å²) in [6, 6.07) is 2.04. The van der Waals surface area contributed by atoms with Gasteiger partial charge in [0.05, 0.1) is 12.7 Å². The van der Waals surface area contributed by atoms with Crippen LogP contribution in [0.4, 0.5) is 13.2 Å². The van der Waals surface area contributed by atoms with Gasteiger partial charge in [0.25, 0.3) is 0 Å². The standard InChI is InChI=1S/C9H7F3O3.C3H6/c1-15-8(14)6-3-2-5(4-7(6)13)9(10,11)12;1-3-2/h2-4,13H,1H3;3H,1H2,2H3. The Balaban J connectivity index is 0.000000873. The molecule has 6 heteroatoms. The van der Waals surface area contributed by atoms with E-state index < -0.39 is 23.5 Å². The van der Waals surface area contributed by atoms with E-state index in [2.05, 4.69) is 11.3 Å². The van der Waals surface area contributed by atoms with Crippen molar-refractivity contribution in [2.75, 3.05) is 7.11 Å². The number of phenolic OH excluding ortho intramolecular Hbond substituents is 1. The lowest BCUT2D eigenvalue weighted by molar-refractivity contribution is -0.137. The first-order valence-electron chi connectivity index (χ1n) is 4.83. The van der Waals surface area contributed by atoms with Gasteiger partial charge in [-0.3, -0.25) is 0 Å². The van der Waals surface area contributed by atoms with Crippen LogP contribution in [0.15, 0.2) is 30.9 Å². The first kappa shape index (κ1) is 16.0. The number of carbonyl (C=O) groups excluding carboxylic acids is 1. The van der Waals surface area contributed by atoms with Gasteiger partial charge in [0.1, 0.15) is 11.3 Å². The smallest absolute Gasteiger partial charge is 0.416 e. The highest BCUT2D eigenvalue weighted by molar-refractivity contribution is 5.92. The van der Waals surface area contributed by atoms with Crippen molar-refractivity contribution in [1.82, 2.24) is 0 Å². The molecule has 0 radical (unpaired) electrons. The fourth-order valence-electron chi connectivity index (χ4n) is 0.991. The van der Waals surface area contributed by atoms with Crippen molar-refractivity contribution in [3.05, 3.63) is 42.0 Å². The Bertz CT molecular complexity index is 425. The predicted octanol–water partition coefficient (Wildman–Crippen LogP) is 3.39. The summed E-state index contributed by atoms with van der Waals surface area (Å²) in [5.74, 6) is -1.64. The van der Waals surface area contributed by atoms with Crippen molar-refractivity contribution in [3.63, 3.8) is 0 Å².